The molecule has 1 atom stereocenters. The van der Waals surface area contributed by atoms with E-state index < -0.39 is 0 Å². The number of hydrogen-bond acceptors (Lipinski definition) is 4. The van der Waals surface area contributed by atoms with Gasteiger partial charge >= 0.3 is 0 Å². The Morgan fingerprint density at radius 3 is 3.19 bits per heavy atom. The number of amides is 1. The molecule has 3 N–H and O–H groups in total. The van der Waals surface area contributed by atoms with E-state index in [1.54, 1.807) is 5.38 Å². The third kappa shape index (κ3) is 3.10. The van der Waals surface area contributed by atoms with Gasteiger partial charge in [0.25, 0.3) is 5.91 Å². The number of carbonyl (C=O) groups is 1. The Balaban J connectivity index is 1.71. The summed E-state index contributed by atoms with van der Waals surface area (Å²) in [6.45, 7) is 0.547. The molecule has 110 valence electrons. The van der Waals surface area contributed by atoms with Crippen LogP contribution in [0.1, 0.15) is 39.1 Å². The number of carbonyl (C=O) groups excluding carboxylic acids is 1. The number of nitrogens with zero attached hydrogens (tertiary/aromatic N) is 1. The Morgan fingerprint density at radius 2 is 2.38 bits per heavy atom. The Hall–Kier alpha value is -1.43. The molecule has 0 spiro atoms. The summed E-state index contributed by atoms with van der Waals surface area (Å²) in [6, 6.07) is 5.89. The predicted octanol–water partition coefficient (Wildman–Crippen LogP) is 2.72. The van der Waals surface area contributed by atoms with Gasteiger partial charge < -0.3 is 11.1 Å². The maximum Gasteiger partial charge on any atom is 0.271 e. The molecule has 0 fully saturated rings. The van der Waals surface area contributed by atoms with E-state index in [9.17, 15) is 4.79 Å². The average Bonchev–Trinajstić information content (AvgIpc) is 3.06. The van der Waals surface area contributed by atoms with E-state index in [0.717, 1.165) is 28.4 Å². The van der Waals surface area contributed by atoms with Gasteiger partial charge in [0.1, 0.15) is 5.69 Å². The first-order chi connectivity index (χ1) is 10.2. The molecule has 0 saturated heterocycles. The van der Waals surface area contributed by atoms with E-state index in [-0.39, 0.29) is 11.9 Å². The number of rotatable bonds is 4. The molecule has 1 aromatic heterocycles. The SMILES string of the molecule is NCCc1nc(C(=O)N[C@H]2CCc3cc(Cl)ccc32)cs1. The van der Waals surface area contributed by atoms with Crippen molar-refractivity contribution in [3.8, 4) is 0 Å². The maximum absolute atomic E-state index is 12.3. The van der Waals surface area contributed by atoms with Crippen molar-refractivity contribution in [1.29, 1.82) is 0 Å². The van der Waals surface area contributed by atoms with E-state index in [1.165, 1.54) is 16.9 Å². The fourth-order valence-electron chi connectivity index (χ4n) is 2.62. The van der Waals surface area contributed by atoms with Gasteiger partial charge in [-0.25, -0.2) is 4.98 Å². The van der Waals surface area contributed by atoms with Crippen LogP contribution in [0.15, 0.2) is 23.6 Å². The van der Waals surface area contributed by atoms with Crippen molar-refractivity contribution in [2.45, 2.75) is 25.3 Å². The predicted molar refractivity (Wildman–Crippen MR) is 84.9 cm³/mol. The second-order valence-electron chi connectivity index (χ2n) is 5.07. The van der Waals surface area contributed by atoms with Crippen LogP contribution in [-0.2, 0) is 12.8 Å². The third-order valence-electron chi connectivity index (χ3n) is 3.63. The van der Waals surface area contributed by atoms with Gasteiger partial charge in [-0.3, -0.25) is 4.79 Å². The molecule has 3 rings (SSSR count). The van der Waals surface area contributed by atoms with Crippen molar-refractivity contribution < 1.29 is 4.79 Å². The topological polar surface area (TPSA) is 68.0 Å². The van der Waals surface area contributed by atoms with Crippen molar-refractivity contribution in [3.05, 3.63) is 50.4 Å². The standard InChI is InChI=1S/C15H16ClN3OS/c16-10-2-3-11-9(7-10)1-4-12(11)19-15(20)13-8-21-14(18-13)5-6-17/h2-3,7-8,12H,1,4-6,17H2,(H,19,20)/t12-/m0/s1. The minimum atomic E-state index is -0.123. The van der Waals surface area contributed by atoms with Crippen LogP contribution in [-0.4, -0.2) is 17.4 Å². The highest BCUT2D eigenvalue weighted by molar-refractivity contribution is 7.09. The molecule has 21 heavy (non-hydrogen) atoms. The van der Waals surface area contributed by atoms with Crippen LogP contribution in [0.25, 0.3) is 0 Å². The summed E-state index contributed by atoms with van der Waals surface area (Å²) >= 11 is 7.48. The lowest BCUT2D eigenvalue weighted by Crippen LogP contribution is -2.27. The first-order valence-corrected chi connectivity index (χ1v) is 8.17. The lowest BCUT2D eigenvalue weighted by molar-refractivity contribution is 0.0932. The van der Waals surface area contributed by atoms with Crippen LogP contribution in [0.2, 0.25) is 5.02 Å². The highest BCUT2D eigenvalue weighted by Crippen LogP contribution is 2.33. The number of hydrogen-bond donors (Lipinski definition) is 2. The number of fused-ring (bicyclic) bond motifs is 1. The van der Waals surface area contributed by atoms with E-state index in [1.807, 2.05) is 18.2 Å². The van der Waals surface area contributed by atoms with E-state index in [4.69, 9.17) is 17.3 Å². The zero-order valence-electron chi connectivity index (χ0n) is 11.4. The van der Waals surface area contributed by atoms with Gasteiger partial charge in [0.05, 0.1) is 11.0 Å². The van der Waals surface area contributed by atoms with Crippen LogP contribution in [0.3, 0.4) is 0 Å². The molecule has 0 radical (unpaired) electrons. The van der Waals surface area contributed by atoms with Gasteiger partial charge in [-0.05, 0) is 42.6 Å². The molecule has 6 heteroatoms. The van der Waals surface area contributed by atoms with E-state index in [2.05, 4.69) is 10.3 Å². The average molecular weight is 322 g/mol. The number of aromatic nitrogens is 1. The monoisotopic (exact) mass is 321 g/mol. The Labute approximate surface area is 132 Å². The minimum absolute atomic E-state index is 0.0458. The molecule has 0 aliphatic heterocycles. The Morgan fingerprint density at radius 1 is 1.52 bits per heavy atom. The first-order valence-electron chi connectivity index (χ1n) is 6.91. The smallest absolute Gasteiger partial charge is 0.271 e. The van der Waals surface area contributed by atoms with Gasteiger partial charge in [0.15, 0.2) is 0 Å². The third-order valence-corrected chi connectivity index (χ3v) is 4.77. The number of nitrogens with two attached hydrogens (primary N) is 1. The summed E-state index contributed by atoms with van der Waals surface area (Å²) in [7, 11) is 0. The second kappa shape index (κ2) is 6.13. The molecule has 1 aromatic carbocycles. The zero-order valence-corrected chi connectivity index (χ0v) is 13.0. The first kappa shape index (κ1) is 14.5. The van der Waals surface area contributed by atoms with Crippen LogP contribution in [0.4, 0.5) is 0 Å². The maximum atomic E-state index is 12.3. The largest absolute Gasteiger partial charge is 0.344 e. The molecular formula is C15H16ClN3OS. The van der Waals surface area contributed by atoms with Crippen LogP contribution in [0.5, 0.6) is 0 Å². The van der Waals surface area contributed by atoms with Gasteiger partial charge in [0.2, 0.25) is 0 Å². The number of nitrogens with one attached hydrogen (secondary N) is 1. The van der Waals surface area contributed by atoms with Gasteiger partial charge in [-0.1, -0.05) is 17.7 Å². The molecule has 0 bridgehead atoms. The molecule has 0 saturated carbocycles. The molecule has 4 nitrogen and oxygen atoms in total. The van der Waals surface area contributed by atoms with Crippen molar-refractivity contribution in [1.82, 2.24) is 10.3 Å². The zero-order chi connectivity index (χ0) is 14.8. The lowest BCUT2D eigenvalue weighted by atomic mass is 10.1. The lowest BCUT2D eigenvalue weighted by Gasteiger charge is -2.13. The molecular weight excluding hydrogens is 306 g/mol. The fraction of sp³-hybridized carbons (Fsp3) is 0.333. The summed E-state index contributed by atoms with van der Waals surface area (Å²) in [4.78, 5) is 16.6. The molecule has 0 unspecified atom stereocenters. The summed E-state index contributed by atoms with van der Waals surface area (Å²) < 4.78 is 0. The molecule has 1 aliphatic rings. The van der Waals surface area contributed by atoms with Crippen LogP contribution >= 0.6 is 22.9 Å². The van der Waals surface area contributed by atoms with Crippen molar-refractivity contribution >= 4 is 28.8 Å². The fourth-order valence-corrected chi connectivity index (χ4v) is 3.61. The van der Waals surface area contributed by atoms with E-state index >= 15 is 0 Å². The van der Waals surface area contributed by atoms with Crippen molar-refractivity contribution in [2.75, 3.05) is 6.54 Å². The van der Waals surface area contributed by atoms with Gasteiger partial charge in [-0.2, -0.15) is 0 Å². The van der Waals surface area contributed by atoms with Crippen LogP contribution < -0.4 is 11.1 Å². The number of halogens is 1. The molecule has 1 heterocycles. The van der Waals surface area contributed by atoms with Crippen molar-refractivity contribution in [3.63, 3.8) is 0 Å². The highest BCUT2D eigenvalue weighted by atomic mass is 35.5. The number of aryl methyl sites for hydroxylation is 1. The quantitative estimate of drug-likeness (QED) is 0.909. The normalized spacial score (nSPS) is 16.8. The van der Waals surface area contributed by atoms with Gasteiger partial charge in [0, 0.05) is 16.8 Å². The Kier molecular flexibility index (Phi) is 4.24. The second-order valence-corrected chi connectivity index (χ2v) is 6.45. The highest BCUT2D eigenvalue weighted by Gasteiger charge is 2.25. The molecule has 1 amide bonds. The molecule has 1 aliphatic carbocycles. The molecule has 2 aromatic rings. The Bertz CT molecular complexity index is 671. The van der Waals surface area contributed by atoms with Crippen molar-refractivity contribution in [2.24, 2.45) is 5.73 Å². The summed E-state index contributed by atoms with van der Waals surface area (Å²) in [5.41, 5.74) is 8.35. The van der Waals surface area contributed by atoms with E-state index in [0.29, 0.717) is 18.7 Å². The number of benzene rings is 1. The van der Waals surface area contributed by atoms with Crippen LogP contribution in [0, 0.1) is 0 Å². The minimum Gasteiger partial charge on any atom is -0.344 e. The van der Waals surface area contributed by atoms with Gasteiger partial charge in [-0.15, -0.1) is 11.3 Å². The summed E-state index contributed by atoms with van der Waals surface area (Å²) in [5, 5.41) is 6.49. The summed E-state index contributed by atoms with van der Waals surface area (Å²) in [6.07, 6.45) is 2.56. The number of thiazole rings is 1. The summed E-state index contributed by atoms with van der Waals surface area (Å²) in [5.74, 6) is -0.123.